The van der Waals surface area contributed by atoms with Crippen molar-refractivity contribution in [3.63, 3.8) is 0 Å². The average molecular weight is 289 g/mol. The van der Waals surface area contributed by atoms with E-state index >= 15 is 0 Å². The number of nitrogens with two attached hydrogens (primary N) is 1. The van der Waals surface area contributed by atoms with Crippen molar-refractivity contribution >= 4 is 33.5 Å². The minimum absolute atomic E-state index is 0.130. The molecule has 0 aliphatic rings. The van der Waals surface area contributed by atoms with Gasteiger partial charge in [0, 0.05) is 20.2 Å². The Labute approximate surface area is 102 Å². The van der Waals surface area contributed by atoms with Crippen LogP contribution in [0.1, 0.15) is 19.4 Å². The van der Waals surface area contributed by atoms with E-state index in [9.17, 15) is 0 Å². The fourth-order valence-electron chi connectivity index (χ4n) is 1.16. The molecule has 0 aliphatic heterocycles. The second-order valence-corrected chi connectivity index (χ2v) is 5.74. The largest absolute Gasteiger partial charge is 0.409 e. The number of thioether (sulfide) groups is 1. The van der Waals surface area contributed by atoms with E-state index in [1.165, 1.54) is 0 Å². The molecule has 15 heavy (non-hydrogen) atoms. The predicted molar refractivity (Wildman–Crippen MR) is 67.6 cm³/mol. The van der Waals surface area contributed by atoms with Crippen LogP contribution in [-0.2, 0) is 0 Å². The molecular weight excluding hydrogens is 276 g/mol. The number of rotatable bonds is 3. The minimum Gasteiger partial charge on any atom is -0.409 e. The van der Waals surface area contributed by atoms with E-state index < -0.39 is 0 Å². The van der Waals surface area contributed by atoms with Crippen LogP contribution in [0.3, 0.4) is 0 Å². The van der Waals surface area contributed by atoms with E-state index in [0.717, 1.165) is 14.9 Å². The highest BCUT2D eigenvalue weighted by Gasteiger charge is 2.12. The van der Waals surface area contributed by atoms with Gasteiger partial charge in [-0.15, -0.1) is 11.8 Å². The zero-order chi connectivity index (χ0) is 11.4. The molecule has 0 heterocycles. The normalized spacial score (nSPS) is 12.1. The van der Waals surface area contributed by atoms with Crippen molar-refractivity contribution in [1.29, 1.82) is 0 Å². The summed E-state index contributed by atoms with van der Waals surface area (Å²) in [5.41, 5.74) is 6.38. The molecular formula is C10H13BrN2OS. The molecule has 0 saturated heterocycles. The number of oxime groups is 1. The topological polar surface area (TPSA) is 58.6 Å². The second-order valence-electron chi connectivity index (χ2n) is 3.26. The third kappa shape index (κ3) is 3.14. The summed E-state index contributed by atoms with van der Waals surface area (Å²) >= 11 is 5.07. The molecule has 1 aromatic rings. The van der Waals surface area contributed by atoms with Gasteiger partial charge >= 0.3 is 0 Å². The summed E-state index contributed by atoms with van der Waals surface area (Å²) in [5, 5.41) is 12.2. The number of hydrogen-bond donors (Lipinski definition) is 2. The van der Waals surface area contributed by atoms with Crippen molar-refractivity contribution in [2.45, 2.75) is 24.0 Å². The Kier molecular flexibility index (Phi) is 4.47. The Balaban J connectivity index is 3.20. The molecule has 0 aromatic heterocycles. The number of nitrogens with zero attached hydrogens (tertiary/aromatic N) is 1. The molecule has 0 unspecified atom stereocenters. The van der Waals surface area contributed by atoms with Crippen molar-refractivity contribution in [3.8, 4) is 0 Å². The van der Waals surface area contributed by atoms with Crippen LogP contribution >= 0.6 is 27.7 Å². The summed E-state index contributed by atoms with van der Waals surface area (Å²) in [6, 6.07) is 5.77. The van der Waals surface area contributed by atoms with Crippen LogP contribution in [0.4, 0.5) is 0 Å². The van der Waals surface area contributed by atoms with Crippen LogP contribution < -0.4 is 5.73 Å². The van der Waals surface area contributed by atoms with Crippen LogP contribution in [0, 0.1) is 0 Å². The van der Waals surface area contributed by atoms with Crippen molar-refractivity contribution in [2.75, 3.05) is 0 Å². The van der Waals surface area contributed by atoms with E-state index in [1.54, 1.807) is 11.8 Å². The maximum absolute atomic E-state index is 8.70. The Hall–Kier alpha value is -0.680. The molecule has 0 radical (unpaired) electrons. The molecule has 0 saturated carbocycles. The summed E-state index contributed by atoms with van der Waals surface area (Å²) in [4.78, 5) is 1.01. The van der Waals surface area contributed by atoms with Crippen molar-refractivity contribution in [3.05, 3.63) is 28.2 Å². The number of hydrogen-bond acceptors (Lipinski definition) is 3. The SMILES string of the molecule is CC(C)Sc1cccc(Br)c1/C(N)=N/O. The Morgan fingerprint density at radius 3 is 2.73 bits per heavy atom. The molecule has 5 heteroatoms. The van der Waals surface area contributed by atoms with E-state index in [4.69, 9.17) is 10.9 Å². The van der Waals surface area contributed by atoms with E-state index in [2.05, 4.69) is 34.9 Å². The van der Waals surface area contributed by atoms with Crippen LogP contribution in [0.25, 0.3) is 0 Å². The standard InChI is InChI=1S/C10H13BrN2OS/c1-6(2)15-8-5-3-4-7(11)9(8)10(12)13-14/h3-6,14H,1-2H3,(H2,12,13). The van der Waals surface area contributed by atoms with Gasteiger partial charge in [0.1, 0.15) is 0 Å². The summed E-state index contributed by atoms with van der Waals surface area (Å²) in [6.07, 6.45) is 0. The molecule has 1 rings (SSSR count). The quantitative estimate of drug-likeness (QED) is 0.295. The summed E-state index contributed by atoms with van der Waals surface area (Å²) in [6.45, 7) is 4.20. The Morgan fingerprint density at radius 2 is 2.20 bits per heavy atom. The molecule has 3 N–H and O–H groups in total. The van der Waals surface area contributed by atoms with Gasteiger partial charge in [0.15, 0.2) is 5.84 Å². The first-order valence-corrected chi connectivity index (χ1v) is 6.16. The number of amidine groups is 1. The van der Waals surface area contributed by atoms with E-state index in [1.807, 2.05) is 18.2 Å². The maximum Gasteiger partial charge on any atom is 0.172 e. The third-order valence-corrected chi connectivity index (χ3v) is 3.43. The highest BCUT2D eigenvalue weighted by atomic mass is 79.9. The first-order chi connectivity index (χ1) is 7.06. The molecule has 0 aliphatic carbocycles. The minimum atomic E-state index is 0.130. The zero-order valence-corrected chi connectivity index (χ0v) is 11.0. The van der Waals surface area contributed by atoms with Gasteiger partial charge in [-0.2, -0.15) is 0 Å². The lowest BCUT2D eigenvalue weighted by molar-refractivity contribution is 0.318. The van der Waals surface area contributed by atoms with E-state index in [-0.39, 0.29) is 5.84 Å². The van der Waals surface area contributed by atoms with Crippen molar-refractivity contribution in [2.24, 2.45) is 10.9 Å². The smallest absolute Gasteiger partial charge is 0.172 e. The zero-order valence-electron chi connectivity index (χ0n) is 8.57. The monoisotopic (exact) mass is 288 g/mol. The maximum atomic E-state index is 8.70. The lowest BCUT2D eigenvalue weighted by atomic mass is 10.2. The van der Waals surface area contributed by atoms with Crippen molar-refractivity contribution < 1.29 is 5.21 Å². The first kappa shape index (κ1) is 12.4. The number of halogens is 1. The predicted octanol–water partition coefficient (Wildman–Crippen LogP) is 3.04. The molecule has 0 fully saturated rings. The van der Waals surface area contributed by atoms with Gasteiger partial charge in [0.25, 0.3) is 0 Å². The molecule has 1 aromatic carbocycles. The molecule has 0 atom stereocenters. The molecule has 0 amide bonds. The average Bonchev–Trinajstić information content (AvgIpc) is 2.16. The fraction of sp³-hybridized carbons (Fsp3) is 0.300. The second kappa shape index (κ2) is 5.42. The van der Waals surface area contributed by atoms with Crippen LogP contribution in [-0.4, -0.2) is 16.3 Å². The Morgan fingerprint density at radius 1 is 1.53 bits per heavy atom. The molecule has 0 spiro atoms. The van der Waals surface area contributed by atoms with Gasteiger partial charge in [0.05, 0.1) is 0 Å². The lowest BCUT2D eigenvalue weighted by Gasteiger charge is -2.11. The highest BCUT2D eigenvalue weighted by Crippen LogP contribution is 2.31. The van der Waals surface area contributed by atoms with Crippen LogP contribution in [0.5, 0.6) is 0 Å². The molecule has 82 valence electrons. The van der Waals surface area contributed by atoms with Gasteiger partial charge in [-0.3, -0.25) is 0 Å². The number of benzene rings is 1. The van der Waals surface area contributed by atoms with Gasteiger partial charge < -0.3 is 10.9 Å². The Bertz CT molecular complexity index is 380. The first-order valence-electron chi connectivity index (χ1n) is 4.49. The van der Waals surface area contributed by atoms with Gasteiger partial charge in [-0.25, -0.2) is 0 Å². The molecule has 0 bridgehead atoms. The van der Waals surface area contributed by atoms with Gasteiger partial charge in [0.2, 0.25) is 0 Å². The fourth-order valence-corrected chi connectivity index (χ4v) is 2.85. The lowest BCUT2D eigenvalue weighted by Crippen LogP contribution is -2.15. The van der Waals surface area contributed by atoms with Gasteiger partial charge in [-0.05, 0) is 28.1 Å². The third-order valence-electron chi connectivity index (χ3n) is 1.70. The van der Waals surface area contributed by atoms with Crippen LogP contribution in [0.15, 0.2) is 32.7 Å². The highest BCUT2D eigenvalue weighted by molar-refractivity contribution is 9.10. The summed E-state index contributed by atoms with van der Waals surface area (Å²) < 4.78 is 0.837. The van der Waals surface area contributed by atoms with Crippen molar-refractivity contribution in [1.82, 2.24) is 0 Å². The van der Waals surface area contributed by atoms with Crippen LogP contribution in [0.2, 0.25) is 0 Å². The molecule has 3 nitrogen and oxygen atoms in total. The summed E-state index contributed by atoms with van der Waals surface area (Å²) in [5.74, 6) is 0.130. The summed E-state index contributed by atoms with van der Waals surface area (Å²) in [7, 11) is 0. The van der Waals surface area contributed by atoms with Gasteiger partial charge in [-0.1, -0.05) is 25.1 Å². The van der Waals surface area contributed by atoms with E-state index in [0.29, 0.717) is 5.25 Å².